The van der Waals surface area contributed by atoms with Crippen LogP contribution >= 0.6 is 0 Å². The fraction of sp³-hybridized carbons (Fsp3) is 0. The molecule has 0 saturated heterocycles. The van der Waals surface area contributed by atoms with E-state index in [1.165, 1.54) is 10.9 Å². The van der Waals surface area contributed by atoms with Crippen molar-refractivity contribution in [3.8, 4) is 11.4 Å². The second kappa shape index (κ2) is 4.29. The maximum Gasteiger partial charge on any atom is 0.330 e. The maximum absolute atomic E-state index is 12.0. The van der Waals surface area contributed by atoms with Gasteiger partial charge in [0.25, 0.3) is 0 Å². The highest BCUT2D eigenvalue weighted by Crippen LogP contribution is 2.15. The van der Waals surface area contributed by atoms with Gasteiger partial charge in [-0.05, 0) is 18.2 Å². The van der Waals surface area contributed by atoms with Crippen LogP contribution in [0.15, 0.2) is 55.1 Å². The van der Waals surface area contributed by atoms with Gasteiger partial charge in [0, 0.05) is 18.1 Å². The summed E-state index contributed by atoms with van der Waals surface area (Å²) >= 11 is 0. The predicted molar refractivity (Wildman–Crippen MR) is 67.5 cm³/mol. The summed E-state index contributed by atoms with van der Waals surface area (Å²) in [5.41, 5.74) is 2.23. The summed E-state index contributed by atoms with van der Waals surface area (Å²) in [6, 6.07) is 10.8. The molecule has 0 unspecified atom stereocenters. The van der Waals surface area contributed by atoms with Gasteiger partial charge in [-0.1, -0.05) is 18.2 Å². The molecule has 0 spiro atoms. The molecule has 5 heteroatoms. The lowest BCUT2D eigenvalue weighted by atomic mass is 10.3. The minimum Gasteiger partial charge on any atom is -0.307 e. The smallest absolute Gasteiger partial charge is 0.307 e. The van der Waals surface area contributed by atoms with Crippen LogP contribution in [0.1, 0.15) is 0 Å². The van der Waals surface area contributed by atoms with Gasteiger partial charge < -0.3 is 5.32 Å². The van der Waals surface area contributed by atoms with Gasteiger partial charge in [0.2, 0.25) is 0 Å². The molecule has 0 bridgehead atoms. The first-order chi connectivity index (χ1) is 8.83. The number of hydrogen-bond donors (Lipinski definition) is 1. The Bertz CT molecular complexity index is 647. The second-order valence-corrected chi connectivity index (χ2v) is 3.79. The van der Waals surface area contributed by atoms with Gasteiger partial charge in [-0.25, -0.2) is 14.8 Å². The molecular weight excluding hydrogens is 228 g/mol. The summed E-state index contributed by atoms with van der Waals surface area (Å²) < 4.78 is 1.45. The van der Waals surface area contributed by atoms with E-state index < -0.39 is 0 Å². The van der Waals surface area contributed by atoms with Crippen LogP contribution in [0.2, 0.25) is 0 Å². The topological polar surface area (TPSA) is 59.8 Å². The molecule has 0 fully saturated rings. The van der Waals surface area contributed by atoms with E-state index >= 15 is 0 Å². The molecule has 88 valence electrons. The molecule has 5 nitrogen and oxygen atoms in total. The molecule has 0 aliphatic carbocycles. The van der Waals surface area contributed by atoms with Gasteiger partial charge in [-0.3, -0.25) is 4.57 Å². The zero-order valence-corrected chi connectivity index (χ0v) is 9.45. The van der Waals surface area contributed by atoms with Crippen LogP contribution in [-0.4, -0.2) is 20.6 Å². The van der Waals surface area contributed by atoms with Gasteiger partial charge in [0.1, 0.15) is 12.0 Å². The average molecular weight is 238 g/mol. The predicted octanol–water partition coefficient (Wildman–Crippen LogP) is 2.46. The van der Waals surface area contributed by atoms with E-state index in [0.29, 0.717) is 5.69 Å². The third-order valence-corrected chi connectivity index (χ3v) is 2.57. The van der Waals surface area contributed by atoms with Gasteiger partial charge >= 0.3 is 6.03 Å². The van der Waals surface area contributed by atoms with E-state index in [0.717, 1.165) is 11.4 Å². The summed E-state index contributed by atoms with van der Waals surface area (Å²) in [5.74, 6) is 0. The van der Waals surface area contributed by atoms with E-state index in [9.17, 15) is 4.79 Å². The molecular formula is C13H10N4O. The number of hydrogen-bond acceptors (Lipinski definition) is 3. The van der Waals surface area contributed by atoms with Crippen LogP contribution in [0, 0.1) is 0 Å². The van der Waals surface area contributed by atoms with Crippen molar-refractivity contribution in [1.29, 1.82) is 0 Å². The molecule has 1 N–H and O–H groups in total. The Morgan fingerprint density at radius 1 is 1.06 bits per heavy atom. The van der Waals surface area contributed by atoms with Crippen molar-refractivity contribution in [3.05, 3.63) is 55.1 Å². The quantitative estimate of drug-likeness (QED) is 0.708. The van der Waals surface area contributed by atoms with Crippen LogP contribution in [0.25, 0.3) is 11.4 Å². The number of aromatic nitrogens is 3. The van der Waals surface area contributed by atoms with E-state index in [-0.39, 0.29) is 6.03 Å². The highest BCUT2D eigenvalue weighted by atomic mass is 16.2. The number of amides is 1. The summed E-state index contributed by atoms with van der Waals surface area (Å²) in [7, 11) is 0. The standard InChI is InChI=1S/C13H10N4O/c18-13(16-10-4-2-1-3-5-10)17-7-6-11-12(8-17)15-9-14-11/h1-9H,(H,16,18). The normalized spacial score (nSPS) is 10.4. The molecule has 1 aromatic rings. The van der Waals surface area contributed by atoms with Crippen LogP contribution in [-0.2, 0) is 0 Å². The van der Waals surface area contributed by atoms with E-state index in [4.69, 9.17) is 0 Å². The van der Waals surface area contributed by atoms with Crippen LogP contribution in [0.4, 0.5) is 10.5 Å². The SMILES string of the molecule is O=C(Nc1ccccc1)n1ccc2ncnc-2c1. The fourth-order valence-corrected chi connectivity index (χ4v) is 1.67. The lowest BCUT2D eigenvalue weighted by molar-refractivity contribution is 0.253. The molecule has 0 radical (unpaired) electrons. The highest BCUT2D eigenvalue weighted by Gasteiger charge is 2.09. The molecule has 1 amide bonds. The Kier molecular flexibility index (Phi) is 2.49. The number of carbonyl (C=O) groups is 1. The molecule has 18 heavy (non-hydrogen) atoms. The Labute approximate surface area is 103 Å². The van der Waals surface area contributed by atoms with Crippen molar-refractivity contribution < 1.29 is 4.79 Å². The number of para-hydroxylation sites is 1. The number of benzene rings is 1. The monoisotopic (exact) mass is 238 g/mol. The summed E-state index contributed by atoms with van der Waals surface area (Å²) in [5, 5.41) is 2.79. The first-order valence-electron chi connectivity index (χ1n) is 5.48. The third kappa shape index (κ3) is 1.93. The zero-order chi connectivity index (χ0) is 12.4. The zero-order valence-electron chi connectivity index (χ0n) is 9.45. The van der Waals surface area contributed by atoms with Crippen LogP contribution < -0.4 is 5.32 Å². The van der Waals surface area contributed by atoms with Crippen LogP contribution in [0.5, 0.6) is 0 Å². The van der Waals surface area contributed by atoms with Crippen LogP contribution in [0.3, 0.4) is 0 Å². The Balaban J connectivity index is 1.86. The molecule has 0 saturated carbocycles. The fourth-order valence-electron chi connectivity index (χ4n) is 1.67. The maximum atomic E-state index is 12.0. The first kappa shape index (κ1) is 10.5. The van der Waals surface area contributed by atoms with Crippen molar-refractivity contribution in [3.63, 3.8) is 0 Å². The van der Waals surface area contributed by atoms with E-state index in [1.807, 2.05) is 30.3 Å². The minimum atomic E-state index is -0.230. The summed E-state index contributed by atoms with van der Waals surface area (Å²) in [6.45, 7) is 0. The molecule has 2 aliphatic rings. The van der Waals surface area contributed by atoms with Crippen molar-refractivity contribution in [2.45, 2.75) is 0 Å². The number of anilines is 1. The van der Waals surface area contributed by atoms with E-state index in [2.05, 4.69) is 15.3 Å². The lowest BCUT2D eigenvalue weighted by Gasteiger charge is -2.08. The Morgan fingerprint density at radius 2 is 1.83 bits per heavy atom. The Morgan fingerprint density at radius 3 is 2.67 bits per heavy atom. The van der Waals surface area contributed by atoms with Crippen molar-refractivity contribution in [2.24, 2.45) is 0 Å². The largest absolute Gasteiger partial charge is 0.330 e. The third-order valence-electron chi connectivity index (χ3n) is 2.57. The number of pyridine rings is 1. The van der Waals surface area contributed by atoms with E-state index in [1.54, 1.807) is 18.5 Å². The molecule has 2 aliphatic heterocycles. The summed E-state index contributed by atoms with van der Waals surface area (Å²) in [4.78, 5) is 20.1. The number of nitrogens with zero attached hydrogens (tertiary/aromatic N) is 3. The number of carbonyl (C=O) groups excluding carboxylic acids is 1. The number of imidazole rings is 1. The van der Waals surface area contributed by atoms with Crippen molar-refractivity contribution >= 4 is 11.7 Å². The second-order valence-electron chi connectivity index (χ2n) is 3.79. The molecule has 0 atom stereocenters. The van der Waals surface area contributed by atoms with Gasteiger partial charge in [-0.2, -0.15) is 0 Å². The van der Waals surface area contributed by atoms with Crippen molar-refractivity contribution in [1.82, 2.24) is 14.5 Å². The van der Waals surface area contributed by atoms with Crippen molar-refractivity contribution in [2.75, 3.05) is 5.32 Å². The average Bonchev–Trinajstić information content (AvgIpc) is 2.87. The Hall–Kier alpha value is -2.69. The highest BCUT2D eigenvalue weighted by molar-refractivity contribution is 5.91. The molecule has 3 rings (SSSR count). The molecule has 2 heterocycles. The molecule has 1 aromatic carbocycles. The van der Waals surface area contributed by atoms with Gasteiger partial charge in [-0.15, -0.1) is 0 Å². The lowest BCUT2D eigenvalue weighted by Crippen LogP contribution is -2.19. The number of fused-ring (bicyclic) bond motifs is 1. The number of rotatable bonds is 1. The summed E-state index contributed by atoms with van der Waals surface area (Å²) in [6.07, 6.45) is 4.79. The first-order valence-corrected chi connectivity index (χ1v) is 5.48. The molecule has 0 aromatic heterocycles. The van der Waals surface area contributed by atoms with Gasteiger partial charge in [0.05, 0.1) is 5.69 Å². The minimum absolute atomic E-state index is 0.230. The van der Waals surface area contributed by atoms with Gasteiger partial charge in [0.15, 0.2) is 0 Å². The number of nitrogens with one attached hydrogen (secondary N) is 1.